The summed E-state index contributed by atoms with van der Waals surface area (Å²) in [4.78, 5) is 0. The van der Waals surface area contributed by atoms with Crippen LogP contribution in [0.25, 0.3) is 0 Å². The fourth-order valence-electron chi connectivity index (χ4n) is 6.43. The molecule has 4 aliphatic rings. The molecule has 0 aromatic rings. The summed E-state index contributed by atoms with van der Waals surface area (Å²) in [6.45, 7) is 21.3. The van der Waals surface area contributed by atoms with Gasteiger partial charge in [0.15, 0.2) is 0 Å². The van der Waals surface area contributed by atoms with Crippen molar-refractivity contribution in [2.24, 2.45) is 29.6 Å². The molecule has 0 aromatic carbocycles. The Hall–Kier alpha value is -1.48. The summed E-state index contributed by atoms with van der Waals surface area (Å²) in [7, 11) is 0. The minimum atomic E-state index is 0.550. The standard InChI is InChI=1S/C29H40.3C2H6/c1-5-23-16-21(3)29-22(4)17-25(19-28(29)18-23)9-8-24-10-14-27(15-11-24)26-12-6-20(2)7-13-26;3*1-2/h16-18,20,24,26-28H,5-7,10-15,19H2,1-4H3;3*1-2H3. The van der Waals surface area contributed by atoms with Crippen LogP contribution in [0.5, 0.6) is 0 Å². The Morgan fingerprint density at radius 1 is 0.771 bits per heavy atom. The highest BCUT2D eigenvalue weighted by Crippen LogP contribution is 2.42. The zero-order valence-electron chi connectivity index (χ0n) is 25.2. The van der Waals surface area contributed by atoms with Gasteiger partial charge >= 0.3 is 0 Å². The predicted molar refractivity (Wildman–Crippen MR) is 159 cm³/mol. The zero-order chi connectivity index (χ0) is 26.4. The van der Waals surface area contributed by atoms with E-state index in [4.69, 9.17) is 0 Å². The molecule has 0 nitrogen and oxygen atoms in total. The van der Waals surface area contributed by atoms with Gasteiger partial charge in [-0.25, -0.2) is 0 Å². The van der Waals surface area contributed by atoms with Crippen molar-refractivity contribution >= 4 is 0 Å². The smallest absolute Gasteiger partial charge is 0.0206 e. The molecule has 0 aliphatic heterocycles. The van der Waals surface area contributed by atoms with Crippen LogP contribution in [0.4, 0.5) is 0 Å². The Morgan fingerprint density at radius 2 is 1.31 bits per heavy atom. The van der Waals surface area contributed by atoms with E-state index in [0.717, 1.165) is 30.6 Å². The van der Waals surface area contributed by atoms with E-state index in [-0.39, 0.29) is 0 Å². The van der Waals surface area contributed by atoms with Gasteiger partial charge in [0.25, 0.3) is 0 Å². The van der Waals surface area contributed by atoms with E-state index in [9.17, 15) is 0 Å². The van der Waals surface area contributed by atoms with Crippen molar-refractivity contribution in [2.45, 2.75) is 133 Å². The maximum atomic E-state index is 3.70. The van der Waals surface area contributed by atoms with Crippen LogP contribution >= 0.6 is 0 Å². The highest BCUT2D eigenvalue weighted by molar-refractivity contribution is 5.54. The maximum Gasteiger partial charge on any atom is 0.0206 e. The van der Waals surface area contributed by atoms with Gasteiger partial charge in [0.2, 0.25) is 0 Å². The van der Waals surface area contributed by atoms with Crippen molar-refractivity contribution in [2.75, 3.05) is 0 Å². The first kappa shape index (κ1) is 31.5. The van der Waals surface area contributed by atoms with E-state index in [1.54, 1.807) is 5.57 Å². The molecule has 0 bridgehead atoms. The van der Waals surface area contributed by atoms with E-state index in [0.29, 0.717) is 11.8 Å². The summed E-state index contributed by atoms with van der Waals surface area (Å²) >= 11 is 0. The SMILES string of the molecule is CC.CC.CC.CCC1=CC2CC(C#CC3CCC(C4CCC(C)CC4)CC3)=CC(C)=C2C(C)=C1. The monoisotopic (exact) mass is 478 g/mol. The van der Waals surface area contributed by atoms with Crippen molar-refractivity contribution in [1.82, 2.24) is 0 Å². The molecular formula is C35H58. The van der Waals surface area contributed by atoms with Gasteiger partial charge in [0.1, 0.15) is 0 Å². The molecule has 0 radical (unpaired) electrons. The molecule has 0 N–H and O–H groups in total. The fourth-order valence-corrected chi connectivity index (χ4v) is 6.43. The highest BCUT2D eigenvalue weighted by atomic mass is 14.3. The minimum absolute atomic E-state index is 0.550. The van der Waals surface area contributed by atoms with E-state index in [2.05, 4.69) is 57.8 Å². The molecular weight excluding hydrogens is 420 g/mol. The van der Waals surface area contributed by atoms with E-state index in [1.807, 2.05) is 41.5 Å². The quantitative estimate of drug-likeness (QED) is 0.346. The Balaban J connectivity index is 0.000000949. The summed E-state index contributed by atoms with van der Waals surface area (Å²) in [5.41, 5.74) is 7.30. The molecule has 0 heterocycles. The van der Waals surface area contributed by atoms with Gasteiger partial charge in [-0.05, 0) is 106 Å². The Morgan fingerprint density at radius 3 is 1.86 bits per heavy atom. The molecule has 4 aliphatic carbocycles. The second-order valence-electron chi connectivity index (χ2n) is 10.4. The Bertz CT molecular complexity index is 787. The van der Waals surface area contributed by atoms with Gasteiger partial charge in [-0.1, -0.05) is 97.8 Å². The third-order valence-corrected chi connectivity index (χ3v) is 8.21. The topological polar surface area (TPSA) is 0 Å². The molecule has 1 atom stereocenters. The maximum absolute atomic E-state index is 3.70. The molecule has 4 rings (SSSR count). The van der Waals surface area contributed by atoms with Crippen LogP contribution in [0.15, 0.2) is 46.1 Å². The third-order valence-electron chi connectivity index (χ3n) is 8.21. The molecule has 0 spiro atoms. The Labute approximate surface area is 220 Å². The van der Waals surface area contributed by atoms with Crippen molar-refractivity contribution in [3.63, 3.8) is 0 Å². The van der Waals surface area contributed by atoms with Gasteiger partial charge in [0, 0.05) is 17.4 Å². The summed E-state index contributed by atoms with van der Waals surface area (Å²) in [5.74, 6) is 11.5. The highest BCUT2D eigenvalue weighted by Gasteiger charge is 2.29. The number of fused-ring (bicyclic) bond motifs is 1. The first-order valence-electron chi connectivity index (χ1n) is 15.4. The van der Waals surface area contributed by atoms with E-state index >= 15 is 0 Å². The number of hydrogen-bond acceptors (Lipinski definition) is 0. The minimum Gasteiger partial charge on any atom is -0.0948 e. The lowest BCUT2D eigenvalue weighted by Gasteiger charge is -2.36. The number of rotatable bonds is 2. The largest absolute Gasteiger partial charge is 0.0948 e. The lowest BCUT2D eigenvalue weighted by atomic mass is 9.69. The lowest BCUT2D eigenvalue weighted by Crippen LogP contribution is -2.25. The lowest BCUT2D eigenvalue weighted by molar-refractivity contribution is 0.162. The van der Waals surface area contributed by atoms with Crippen molar-refractivity contribution in [3.8, 4) is 11.8 Å². The van der Waals surface area contributed by atoms with E-state index < -0.39 is 0 Å². The molecule has 0 amide bonds. The average molecular weight is 479 g/mol. The normalized spacial score (nSPS) is 29.5. The zero-order valence-corrected chi connectivity index (χ0v) is 25.2. The fraction of sp³-hybridized carbons (Fsp3) is 0.714. The van der Waals surface area contributed by atoms with Crippen LogP contribution in [0.2, 0.25) is 0 Å². The molecule has 2 saturated carbocycles. The van der Waals surface area contributed by atoms with Crippen molar-refractivity contribution in [3.05, 3.63) is 46.1 Å². The van der Waals surface area contributed by atoms with E-state index in [1.165, 1.54) is 73.7 Å². The third kappa shape index (κ3) is 9.16. The van der Waals surface area contributed by atoms with Gasteiger partial charge in [0.05, 0.1) is 0 Å². The van der Waals surface area contributed by atoms with Crippen molar-refractivity contribution < 1.29 is 0 Å². The first-order valence-corrected chi connectivity index (χ1v) is 15.4. The summed E-state index contributed by atoms with van der Waals surface area (Å²) in [5, 5.41) is 0. The summed E-state index contributed by atoms with van der Waals surface area (Å²) in [6.07, 6.45) is 20.9. The van der Waals surface area contributed by atoms with Gasteiger partial charge in [-0.15, -0.1) is 0 Å². The van der Waals surface area contributed by atoms with Gasteiger partial charge in [-0.2, -0.15) is 0 Å². The molecule has 35 heavy (non-hydrogen) atoms. The molecule has 198 valence electrons. The predicted octanol–water partition coefficient (Wildman–Crippen LogP) is 11.3. The second kappa shape index (κ2) is 17.1. The number of hydrogen-bond donors (Lipinski definition) is 0. The molecule has 2 fully saturated rings. The first-order chi connectivity index (χ1) is 17.0. The second-order valence-corrected chi connectivity index (χ2v) is 10.4. The van der Waals surface area contributed by atoms with Crippen LogP contribution in [0, 0.1) is 41.4 Å². The van der Waals surface area contributed by atoms with Gasteiger partial charge < -0.3 is 0 Å². The average Bonchev–Trinajstić information content (AvgIpc) is 2.91. The molecule has 1 unspecified atom stereocenters. The molecule has 0 heteroatoms. The van der Waals surface area contributed by atoms with Crippen LogP contribution in [-0.2, 0) is 0 Å². The summed E-state index contributed by atoms with van der Waals surface area (Å²) < 4.78 is 0. The van der Waals surface area contributed by atoms with Crippen LogP contribution < -0.4 is 0 Å². The number of allylic oxidation sites excluding steroid dienone is 8. The van der Waals surface area contributed by atoms with Crippen LogP contribution in [0.3, 0.4) is 0 Å². The van der Waals surface area contributed by atoms with Crippen molar-refractivity contribution in [1.29, 1.82) is 0 Å². The molecule has 0 aromatic heterocycles. The molecule has 0 saturated heterocycles. The Kier molecular flexibility index (Phi) is 15.4. The summed E-state index contributed by atoms with van der Waals surface area (Å²) in [6, 6.07) is 0. The van der Waals surface area contributed by atoms with Gasteiger partial charge in [-0.3, -0.25) is 0 Å². The van der Waals surface area contributed by atoms with Crippen LogP contribution in [0.1, 0.15) is 133 Å². The van der Waals surface area contributed by atoms with Crippen LogP contribution in [-0.4, -0.2) is 0 Å².